The SMILES string of the molecule is CCNC(C)c1ccc(N(C)CCC(C)C)cc1. The molecule has 1 N–H and O–H groups in total. The van der Waals surface area contributed by atoms with E-state index in [1.807, 2.05) is 0 Å². The zero-order valence-corrected chi connectivity index (χ0v) is 12.5. The van der Waals surface area contributed by atoms with Crippen molar-refractivity contribution in [2.45, 2.75) is 40.2 Å². The Morgan fingerprint density at radius 3 is 2.22 bits per heavy atom. The van der Waals surface area contributed by atoms with E-state index in [9.17, 15) is 0 Å². The molecule has 0 saturated carbocycles. The summed E-state index contributed by atoms with van der Waals surface area (Å²) >= 11 is 0. The fourth-order valence-electron chi connectivity index (χ4n) is 2.02. The molecular formula is C16H28N2. The molecule has 1 atom stereocenters. The predicted octanol–water partition coefficient (Wildman–Crippen LogP) is 3.84. The van der Waals surface area contributed by atoms with E-state index in [-0.39, 0.29) is 0 Å². The van der Waals surface area contributed by atoms with E-state index in [2.05, 4.69) is 69.2 Å². The van der Waals surface area contributed by atoms with Crippen LogP contribution in [-0.2, 0) is 0 Å². The average molecular weight is 248 g/mol. The third kappa shape index (κ3) is 4.69. The Labute approximate surface area is 112 Å². The van der Waals surface area contributed by atoms with Crippen molar-refractivity contribution in [2.24, 2.45) is 5.92 Å². The third-order valence-electron chi connectivity index (χ3n) is 3.39. The molecule has 0 saturated heterocycles. The van der Waals surface area contributed by atoms with Crippen molar-refractivity contribution in [1.29, 1.82) is 0 Å². The standard InChI is InChI=1S/C16H28N2/c1-6-17-14(4)15-7-9-16(10-8-15)18(5)12-11-13(2)3/h7-10,13-14,17H,6,11-12H2,1-5H3. The van der Waals surface area contributed by atoms with Gasteiger partial charge >= 0.3 is 0 Å². The average Bonchev–Trinajstić information content (AvgIpc) is 2.36. The van der Waals surface area contributed by atoms with Crippen LogP contribution in [0.25, 0.3) is 0 Å². The summed E-state index contributed by atoms with van der Waals surface area (Å²) in [6, 6.07) is 9.35. The van der Waals surface area contributed by atoms with Crippen molar-refractivity contribution >= 4 is 5.69 Å². The van der Waals surface area contributed by atoms with Gasteiger partial charge in [0.1, 0.15) is 0 Å². The number of rotatable bonds is 7. The smallest absolute Gasteiger partial charge is 0.0363 e. The molecule has 0 radical (unpaired) electrons. The van der Waals surface area contributed by atoms with Gasteiger partial charge in [-0.15, -0.1) is 0 Å². The Bertz CT molecular complexity index is 329. The highest BCUT2D eigenvalue weighted by Gasteiger charge is 2.05. The maximum atomic E-state index is 3.44. The van der Waals surface area contributed by atoms with Crippen LogP contribution >= 0.6 is 0 Å². The lowest BCUT2D eigenvalue weighted by Gasteiger charge is -2.21. The first-order valence-electron chi connectivity index (χ1n) is 7.09. The summed E-state index contributed by atoms with van der Waals surface area (Å²) in [6.45, 7) is 11.0. The van der Waals surface area contributed by atoms with Crippen LogP contribution in [0.5, 0.6) is 0 Å². The van der Waals surface area contributed by atoms with Gasteiger partial charge in [-0.3, -0.25) is 0 Å². The Hall–Kier alpha value is -1.02. The zero-order chi connectivity index (χ0) is 13.5. The molecule has 0 aliphatic heterocycles. The second-order valence-electron chi connectivity index (χ2n) is 5.47. The first-order chi connectivity index (χ1) is 8.54. The molecule has 1 unspecified atom stereocenters. The van der Waals surface area contributed by atoms with Crippen LogP contribution in [0.1, 0.15) is 45.7 Å². The zero-order valence-electron chi connectivity index (χ0n) is 12.5. The molecule has 1 aromatic carbocycles. The number of anilines is 1. The third-order valence-corrected chi connectivity index (χ3v) is 3.39. The minimum absolute atomic E-state index is 0.435. The van der Waals surface area contributed by atoms with Crippen molar-refractivity contribution in [3.63, 3.8) is 0 Å². The fourth-order valence-corrected chi connectivity index (χ4v) is 2.02. The summed E-state index contributed by atoms with van der Waals surface area (Å²) in [5.41, 5.74) is 2.67. The number of nitrogens with zero attached hydrogens (tertiary/aromatic N) is 1. The molecule has 2 heteroatoms. The topological polar surface area (TPSA) is 15.3 Å². The Morgan fingerprint density at radius 2 is 1.72 bits per heavy atom. The molecule has 102 valence electrons. The van der Waals surface area contributed by atoms with Crippen molar-refractivity contribution in [3.05, 3.63) is 29.8 Å². The van der Waals surface area contributed by atoms with Crippen LogP contribution in [0, 0.1) is 5.92 Å². The van der Waals surface area contributed by atoms with Gasteiger partial charge < -0.3 is 10.2 Å². The van der Waals surface area contributed by atoms with Gasteiger partial charge in [0.05, 0.1) is 0 Å². The molecule has 1 aromatic rings. The molecular weight excluding hydrogens is 220 g/mol. The Balaban J connectivity index is 2.58. The number of benzene rings is 1. The molecule has 18 heavy (non-hydrogen) atoms. The van der Waals surface area contributed by atoms with E-state index in [0.717, 1.165) is 19.0 Å². The van der Waals surface area contributed by atoms with Gasteiger partial charge in [-0.25, -0.2) is 0 Å². The summed E-state index contributed by atoms with van der Waals surface area (Å²) in [6.07, 6.45) is 1.24. The molecule has 0 aromatic heterocycles. The molecule has 1 rings (SSSR count). The molecule has 0 aliphatic rings. The van der Waals surface area contributed by atoms with Crippen LogP contribution in [-0.4, -0.2) is 20.1 Å². The van der Waals surface area contributed by atoms with E-state index < -0.39 is 0 Å². The van der Waals surface area contributed by atoms with Crippen LogP contribution < -0.4 is 10.2 Å². The molecule has 0 bridgehead atoms. The summed E-state index contributed by atoms with van der Waals surface area (Å²) in [4.78, 5) is 2.34. The van der Waals surface area contributed by atoms with Gasteiger partial charge in [-0.05, 0) is 43.5 Å². The van der Waals surface area contributed by atoms with E-state index in [1.165, 1.54) is 17.7 Å². The lowest BCUT2D eigenvalue weighted by molar-refractivity contribution is 0.584. The normalized spacial score (nSPS) is 12.8. The summed E-state index contributed by atoms with van der Waals surface area (Å²) in [7, 11) is 2.17. The first kappa shape index (κ1) is 15.0. The molecule has 0 amide bonds. The monoisotopic (exact) mass is 248 g/mol. The van der Waals surface area contributed by atoms with Crippen LogP contribution in [0.2, 0.25) is 0 Å². The van der Waals surface area contributed by atoms with E-state index in [0.29, 0.717) is 6.04 Å². The van der Waals surface area contributed by atoms with E-state index in [1.54, 1.807) is 0 Å². The lowest BCUT2D eigenvalue weighted by Crippen LogP contribution is -2.20. The van der Waals surface area contributed by atoms with Gasteiger partial charge in [0.2, 0.25) is 0 Å². The van der Waals surface area contributed by atoms with Gasteiger partial charge in [0.25, 0.3) is 0 Å². The minimum Gasteiger partial charge on any atom is -0.375 e. The van der Waals surface area contributed by atoms with Crippen LogP contribution in [0.4, 0.5) is 5.69 Å². The molecule has 0 spiro atoms. The minimum atomic E-state index is 0.435. The van der Waals surface area contributed by atoms with Gasteiger partial charge in [0, 0.05) is 25.3 Å². The summed E-state index contributed by atoms with van der Waals surface area (Å²) < 4.78 is 0. The van der Waals surface area contributed by atoms with Crippen LogP contribution in [0.3, 0.4) is 0 Å². The summed E-state index contributed by atoms with van der Waals surface area (Å²) in [5.74, 6) is 0.764. The predicted molar refractivity (Wildman–Crippen MR) is 81.3 cm³/mol. The molecule has 0 heterocycles. The number of nitrogens with one attached hydrogen (secondary N) is 1. The van der Waals surface area contributed by atoms with Crippen molar-refractivity contribution in [2.75, 3.05) is 25.0 Å². The highest BCUT2D eigenvalue weighted by molar-refractivity contribution is 5.47. The molecule has 0 aliphatic carbocycles. The molecule has 2 nitrogen and oxygen atoms in total. The van der Waals surface area contributed by atoms with Crippen molar-refractivity contribution in [1.82, 2.24) is 5.32 Å². The molecule has 0 fully saturated rings. The number of hydrogen-bond acceptors (Lipinski definition) is 2. The summed E-state index contributed by atoms with van der Waals surface area (Å²) in [5, 5.41) is 3.44. The highest BCUT2D eigenvalue weighted by atomic mass is 15.1. The van der Waals surface area contributed by atoms with Gasteiger partial charge in [-0.1, -0.05) is 32.9 Å². The number of hydrogen-bond donors (Lipinski definition) is 1. The second kappa shape index (κ2) is 7.42. The van der Waals surface area contributed by atoms with E-state index >= 15 is 0 Å². The fraction of sp³-hybridized carbons (Fsp3) is 0.625. The van der Waals surface area contributed by atoms with Gasteiger partial charge in [-0.2, -0.15) is 0 Å². The Kier molecular flexibility index (Phi) is 6.20. The Morgan fingerprint density at radius 1 is 1.11 bits per heavy atom. The van der Waals surface area contributed by atoms with Crippen LogP contribution in [0.15, 0.2) is 24.3 Å². The maximum Gasteiger partial charge on any atom is 0.0363 e. The first-order valence-corrected chi connectivity index (χ1v) is 7.09. The van der Waals surface area contributed by atoms with Crippen molar-refractivity contribution < 1.29 is 0 Å². The second-order valence-corrected chi connectivity index (χ2v) is 5.47. The van der Waals surface area contributed by atoms with E-state index in [4.69, 9.17) is 0 Å². The lowest BCUT2D eigenvalue weighted by atomic mass is 10.1. The quantitative estimate of drug-likeness (QED) is 0.788. The largest absolute Gasteiger partial charge is 0.375 e. The van der Waals surface area contributed by atoms with Gasteiger partial charge in [0.15, 0.2) is 0 Å². The highest BCUT2D eigenvalue weighted by Crippen LogP contribution is 2.19. The van der Waals surface area contributed by atoms with Crippen molar-refractivity contribution in [3.8, 4) is 0 Å². The maximum absolute atomic E-state index is 3.44.